The Morgan fingerprint density at radius 3 is 2.74 bits per heavy atom. The Bertz CT molecular complexity index is 978. The topological polar surface area (TPSA) is 77.0 Å². The predicted octanol–water partition coefficient (Wildman–Crippen LogP) is 3.71. The summed E-state index contributed by atoms with van der Waals surface area (Å²) in [6.45, 7) is 0. The van der Waals surface area contributed by atoms with Crippen molar-refractivity contribution in [1.29, 1.82) is 0 Å². The molecule has 0 aliphatic carbocycles. The first-order chi connectivity index (χ1) is 11.3. The average molecular weight is 324 g/mol. The molecular formula is C16H12N4O2S. The molecule has 0 fully saturated rings. The van der Waals surface area contributed by atoms with E-state index in [0.717, 1.165) is 20.7 Å². The highest BCUT2D eigenvalue weighted by Crippen LogP contribution is 2.35. The smallest absolute Gasteiger partial charge is 0.230 e. The number of aromatic nitrogens is 4. The first-order valence-electron chi connectivity index (χ1n) is 6.89. The van der Waals surface area contributed by atoms with Crippen molar-refractivity contribution >= 4 is 22.9 Å². The number of nitrogens with zero attached hydrogens (tertiary/aromatic N) is 4. The molecule has 0 aliphatic heterocycles. The quantitative estimate of drug-likeness (QED) is 0.352. The molecule has 0 atom stereocenters. The summed E-state index contributed by atoms with van der Waals surface area (Å²) in [4.78, 5) is 12.7. The van der Waals surface area contributed by atoms with Gasteiger partial charge in [-0.1, -0.05) is 30.3 Å². The summed E-state index contributed by atoms with van der Waals surface area (Å²) in [6, 6.07) is 11.5. The largest absolute Gasteiger partial charge is 0.436 e. The minimum Gasteiger partial charge on any atom is -0.436 e. The standard InChI is InChI=1S/C16H12N4O2S/c1-23-16-11-7-12(22-15(11)17-8-18-16)14-13(19-9-20(14)21)10-5-3-2-4-6-10/h2-9,21H,1H3. The maximum absolute atomic E-state index is 10.2. The summed E-state index contributed by atoms with van der Waals surface area (Å²) in [5, 5.41) is 11.8. The van der Waals surface area contributed by atoms with E-state index in [-0.39, 0.29) is 0 Å². The van der Waals surface area contributed by atoms with Crippen LogP contribution in [0.15, 0.2) is 58.5 Å². The molecule has 3 heterocycles. The van der Waals surface area contributed by atoms with E-state index in [0.29, 0.717) is 22.9 Å². The van der Waals surface area contributed by atoms with Gasteiger partial charge in [-0.05, 0) is 12.3 Å². The molecule has 0 bridgehead atoms. The lowest BCUT2D eigenvalue weighted by Gasteiger charge is -2.01. The van der Waals surface area contributed by atoms with Gasteiger partial charge in [-0.15, -0.1) is 11.8 Å². The van der Waals surface area contributed by atoms with Crippen LogP contribution in [0.2, 0.25) is 0 Å². The molecule has 0 amide bonds. The van der Waals surface area contributed by atoms with Crippen molar-refractivity contribution in [2.45, 2.75) is 5.03 Å². The number of thioether (sulfide) groups is 1. The maximum Gasteiger partial charge on any atom is 0.230 e. The van der Waals surface area contributed by atoms with Crippen LogP contribution in [0.5, 0.6) is 0 Å². The lowest BCUT2D eigenvalue weighted by Crippen LogP contribution is -1.91. The van der Waals surface area contributed by atoms with Crippen LogP contribution in [0.3, 0.4) is 0 Å². The zero-order valence-electron chi connectivity index (χ0n) is 12.2. The van der Waals surface area contributed by atoms with Crippen molar-refractivity contribution in [2.75, 3.05) is 6.26 Å². The maximum atomic E-state index is 10.2. The van der Waals surface area contributed by atoms with Gasteiger partial charge in [-0.2, -0.15) is 4.73 Å². The van der Waals surface area contributed by atoms with Crippen LogP contribution in [-0.2, 0) is 0 Å². The van der Waals surface area contributed by atoms with E-state index < -0.39 is 0 Å². The molecule has 3 aromatic heterocycles. The number of benzene rings is 1. The third-order valence-electron chi connectivity index (χ3n) is 3.52. The number of imidazole rings is 1. The molecule has 114 valence electrons. The second-order valence-corrected chi connectivity index (χ2v) is 5.66. The van der Waals surface area contributed by atoms with Gasteiger partial charge in [0.05, 0.1) is 5.39 Å². The number of fused-ring (bicyclic) bond motifs is 1. The normalized spacial score (nSPS) is 11.2. The summed E-state index contributed by atoms with van der Waals surface area (Å²) >= 11 is 1.52. The van der Waals surface area contributed by atoms with Gasteiger partial charge >= 0.3 is 0 Å². The highest BCUT2D eigenvalue weighted by atomic mass is 32.2. The molecule has 0 aliphatic rings. The van der Waals surface area contributed by atoms with Crippen LogP contribution < -0.4 is 0 Å². The van der Waals surface area contributed by atoms with Gasteiger partial charge in [0.15, 0.2) is 5.76 Å². The SMILES string of the molecule is CSc1ncnc2oc(-c3c(-c4ccccc4)ncn3O)cc12. The number of hydrogen-bond donors (Lipinski definition) is 1. The number of rotatable bonds is 3. The van der Waals surface area contributed by atoms with E-state index in [1.165, 1.54) is 24.4 Å². The lowest BCUT2D eigenvalue weighted by atomic mass is 10.1. The molecule has 7 heteroatoms. The van der Waals surface area contributed by atoms with Crippen LogP contribution in [-0.4, -0.2) is 31.1 Å². The van der Waals surface area contributed by atoms with Gasteiger partial charge in [0.1, 0.15) is 29.1 Å². The summed E-state index contributed by atoms with van der Waals surface area (Å²) in [5.74, 6) is 0.495. The minimum absolute atomic E-state index is 0.486. The van der Waals surface area contributed by atoms with Gasteiger partial charge < -0.3 is 9.62 Å². The van der Waals surface area contributed by atoms with Gasteiger partial charge in [0.25, 0.3) is 0 Å². The van der Waals surface area contributed by atoms with Crippen molar-refractivity contribution in [3.8, 4) is 22.7 Å². The summed E-state index contributed by atoms with van der Waals surface area (Å²) in [7, 11) is 0. The van der Waals surface area contributed by atoms with Gasteiger partial charge in [0.2, 0.25) is 5.71 Å². The fraction of sp³-hybridized carbons (Fsp3) is 0.0625. The van der Waals surface area contributed by atoms with Crippen LogP contribution in [0.4, 0.5) is 0 Å². The lowest BCUT2D eigenvalue weighted by molar-refractivity contribution is 0.189. The van der Waals surface area contributed by atoms with Crippen molar-refractivity contribution < 1.29 is 9.62 Å². The molecule has 23 heavy (non-hydrogen) atoms. The summed E-state index contributed by atoms with van der Waals surface area (Å²) in [6.07, 6.45) is 4.77. The van der Waals surface area contributed by atoms with Crippen molar-refractivity contribution in [1.82, 2.24) is 19.7 Å². The third kappa shape index (κ3) is 2.25. The molecule has 1 N–H and O–H groups in total. The van der Waals surface area contributed by atoms with E-state index >= 15 is 0 Å². The van der Waals surface area contributed by atoms with Gasteiger partial charge in [-0.25, -0.2) is 15.0 Å². The molecule has 0 unspecified atom stereocenters. The summed E-state index contributed by atoms with van der Waals surface area (Å²) < 4.78 is 6.78. The highest BCUT2D eigenvalue weighted by molar-refractivity contribution is 7.98. The number of hydrogen-bond acceptors (Lipinski definition) is 6. The van der Waals surface area contributed by atoms with E-state index in [2.05, 4.69) is 15.0 Å². The Labute approximate surface area is 135 Å². The van der Waals surface area contributed by atoms with Crippen molar-refractivity contribution in [3.63, 3.8) is 0 Å². The Hall–Kier alpha value is -2.80. The Morgan fingerprint density at radius 1 is 1.13 bits per heavy atom. The first-order valence-corrected chi connectivity index (χ1v) is 8.11. The molecular weight excluding hydrogens is 312 g/mol. The Kier molecular flexibility index (Phi) is 3.27. The zero-order chi connectivity index (χ0) is 15.8. The van der Waals surface area contributed by atoms with E-state index in [9.17, 15) is 5.21 Å². The van der Waals surface area contributed by atoms with Crippen molar-refractivity contribution in [3.05, 3.63) is 49.1 Å². The van der Waals surface area contributed by atoms with Crippen LogP contribution >= 0.6 is 11.8 Å². The zero-order valence-corrected chi connectivity index (χ0v) is 13.0. The second kappa shape index (κ2) is 5.44. The van der Waals surface area contributed by atoms with Crippen LogP contribution in [0, 0.1) is 0 Å². The third-order valence-corrected chi connectivity index (χ3v) is 4.23. The van der Waals surface area contributed by atoms with E-state index in [1.807, 2.05) is 42.7 Å². The Morgan fingerprint density at radius 2 is 1.96 bits per heavy atom. The molecule has 1 aromatic carbocycles. The molecule has 0 saturated carbocycles. The fourth-order valence-corrected chi connectivity index (χ4v) is 3.01. The van der Waals surface area contributed by atoms with Crippen LogP contribution in [0.1, 0.15) is 0 Å². The van der Waals surface area contributed by atoms with Crippen molar-refractivity contribution in [2.24, 2.45) is 0 Å². The molecule has 4 rings (SSSR count). The number of furan rings is 1. The molecule has 0 spiro atoms. The van der Waals surface area contributed by atoms with Gasteiger partial charge in [0, 0.05) is 5.56 Å². The highest BCUT2D eigenvalue weighted by Gasteiger charge is 2.20. The fourth-order valence-electron chi connectivity index (χ4n) is 2.49. The monoisotopic (exact) mass is 324 g/mol. The van der Waals surface area contributed by atoms with E-state index in [4.69, 9.17) is 4.42 Å². The summed E-state index contributed by atoms with van der Waals surface area (Å²) in [5.41, 5.74) is 2.51. The van der Waals surface area contributed by atoms with E-state index in [1.54, 1.807) is 0 Å². The molecule has 0 saturated heterocycles. The molecule has 0 radical (unpaired) electrons. The second-order valence-electron chi connectivity index (χ2n) is 4.86. The minimum atomic E-state index is 0.486. The predicted molar refractivity (Wildman–Crippen MR) is 87.4 cm³/mol. The first kappa shape index (κ1) is 13.8. The van der Waals surface area contributed by atoms with Gasteiger partial charge in [-0.3, -0.25) is 0 Å². The van der Waals surface area contributed by atoms with Crippen LogP contribution in [0.25, 0.3) is 33.8 Å². The average Bonchev–Trinajstić information content (AvgIpc) is 3.18. The molecule has 4 aromatic rings. The molecule has 6 nitrogen and oxygen atoms in total. The Balaban J connectivity index is 1.94.